The number of aromatic nitrogens is 2. The second kappa shape index (κ2) is 13.9. The van der Waals surface area contributed by atoms with Gasteiger partial charge in [-0.1, -0.05) is 25.1 Å². The number of aliphatic imine (C=N–C) groups is 1. The third-order valence-corrected chi connectivity index (χ3v) is 5.49. The van der Waals surface area contributed by atoms with Crippen LogP contribution in [0.15, 0.2) is 65.2 Å². The quantitative estimate of drug-likeness (QED) is 0.196. The number of nitrogens with one attached hydrogen (secondary N) is 3. The number of thiophene rings is 1. The molecule has 0 radical (unpaired) electrons. The summed E-state index contributed by atoms with van der Waals surface area (Å²) >= 11 is 1.80. The lowest BCUT2D eigenvalue weighted by molar-refractivity contribution is -0.116. The first kappa shape index (κ1) is 25.9. The summed E-state index contributed by atoms with van der Waals surface area (Å²) < 4.78 is 1.59. The third-order valence-electron chi connectivity index (χ3n) is 4.59. The largest absolute Gasteiger partial charge is 0.357 e. The van der Waals surface area contributed by atoms with Gasteiger partial charge in [-0.2, -0.15) is 5.10 Å². The van der Waals surface area contributed by atoms with E-state index >= 15 is 0 Å². The zero-order valence-electron chi connectivity index (χ0n) is 18.5. The van der Waals surface area contributed by atoms with Gasteiger partial charge in [0.05, 0.1) is 6.54 Å². The lowest BCUT2D eigenvalue weighted by Gasteiger charge is -2.15. The molecule has 2 aromatic heterocycles. The number of anilines is 1. The van der Waals surface area contributed by atoms with Gasteiger partial charge in [-0.15, -0.1) is 35.3 Å². The van der Waals surface area contributed by atoms with Crippen LogP contribution in [0.3, 0.4) is 0 Å². The summed E-state index contributed by atoms with van der Waals surface area (Å²) in [5.41, 5.74) is 1.79. The first-order chi connectivity index (χ1) is 15.1. The predicted octanol–water partition coefficient (Wildman–Crippen LogP) is 4.14. The molecule has 1 aromatic carbocycles. The molecule has 0 saturated carbocycles. The molecule has 3 rings (SSSR count). The van der Waals surface area contributed by atoms with Crippen LogP contribution in [0.2, 0.25) is 0 Å². The first-order valence-electron chi connectivity index (χ1n) is 10.5. The Morgan fingerprint density at radius 2 is 2.09 bits per heavy atom. The highest BCUT2D eigenvalue weighted by Gasteiger charge is 2.07. The van der Waals surface area contributed by atoms with Crippen LogP contribution in [-0.4, -0.2) is 34.7 Å². The van der Waals surface area contributed by atoms with Gasteiger partial charge in [-0.3, -0.25) is 9.48 Å². The van der Waals surface area contributed by atoms with Crippen molar-refractivity contribution in [3.05, 3.63) is 70.7 Å². The number of hydrogen-bond donors (Lipinski definition) is 3. The Morgan fingerprint density at radius 1 is 1.22 bits per heavy atom. The molecule has 7 nitrogen and oxygen atoms in total. The molecule has 0 spiro atoms. The molecule has 1 unspecified atom stereocenters. The van der Waals surface area contributed by atoms with Crippen molar-refractivity contribution in [1.82, 2.24) is 20.4 Å². The van der Waals surface area contributed by atoms with Crippen LogP contribution in [0.25, 0.3) is 0 Å². The van der Waals surface area contributed by atoms with E-state index in [1.807, 2.05) is 24.3 Å². The van der Waals surface area contributed by atoms with Gasteiger partial charge in [0.2, 0.25) is 5.91 Å². The second-order valence-corrected chi connectivity index (χ2v) is 8.45. The van der Waals surface area contributed by atoms with Gasteiger partial charge in [0.1, 0.15) is 6.54 Å². The van der Waals surface area contributed by atoms with E-state index in [0.29, 0.717) is 12.5 Å². The number of amides is 1. The smallest absolute Gasteiger partial charge is 0.246 e. The summed E-state index contributed by atoms with van der Waals surface area (Å²) in [7, 11) is 0. The third kappa shape index (κ3) is 8.99. The first-order valence-corrected chi connectivity index (χ1v) is 11.4. The summed E-state index contributed by atoms with van der Waals surface area (Å²) in [6, 6.07) is 13.8. The second-order valence-electron chi connectivity index (χ2n) is 7.42. The number of halogens is 1. The van der Waals surface area contributed by atoms with Crippen molar-refractivity contribution in [2.75, 3.05) is 18.4 Å². The van der Waals surface area contributed by atoms with Crippen molar-refractivity contribution < 1.29 is 4.79 Å². The Labute approximate surface area is 210 Å². The number of carbonyl (C=O) groups excluding carboxylic acids is 1. The topological polar surface area (TPSA) is 83.3 Å². The molecular weight excluding hydrogens is 535 g/mol. The molecule has 3 N–H and O–H groups in total. The maximum Gasteiger partial charge on any atom is 0.246 e. The van der Waals surface area contributed by atoms with E-state index in [0.717, 1.165) is 36.7 Å². The summed E-state index contributed by atoms with van der Waals surface area (Å²) in [5.74, 6) is 1.20. The van der Waals surface area contributed by atoms with Crippen LogP contribution >= 0.6 is 35.3 Å². The van der Waals surface area contributed by atoms with Crippen LogP contribution in [0.5, 0.6) is 0 Å². The molecule has 0 aliphatic rings. The highest BCUT2D eigenvalue weighted by Crippen LogP contribution is 2.14. The average molecular weight is 567 g/mol. The number of carbonyl (C=O) groups is 1. The standard InChI is InChI=1S/C23H30N6OS.HI/c1-3-24-23(25-15-18(2)13-21-9-5-12-31-21)26-16-19-7-4-8-20(14-19)28-22(30)17-29-11-6-10-27-29;/h4-12,14,18H,3,13,15-17H2,1-2H3,(H,28,30)(H2,24,25,26);1H. The number of nitrogens with zero attached hydrogens (tertiary/aromatic N) is 3. The Balaban J connectivity index is 0.00000363. The molecule has 1 atom stereocenters. The molecule has 3 aromatic rings. The van der Waals surface area contributed by atoms with Gasteiger partial charge in [0.15, 0.2) is 5.96 Å². The fourth-order valence-electron chi connectivity index (χ4n) is 3.12. The maximum absolute atomic E-state index is 12.2. The van der Waals surface area contributed by atoms with Gasteiger partial charge in [-0.05, 0) is 54.5 Å². The van der Waals surface area contributed by atoms with Crippen LogP contribution in [0.4, 0.5) is 5.69 Å². The Morgan fingerprint density at radius 3 is 2.81 bits per heavy atom. The van der Waals surface area contributed by atoms with E-state index in [9.17, 15) is 4.79 Å². The fraction of sp³-hybridized carbons (Fsp3) is 0.348. The van der Waals surface area contributed by atoms with Crippen molar-refractivity contribution in [3.8, 4) is 0 Å². The van der Waals surface area contributed by atoms with E-state index in [1.54, 1.807) is 34.5 Å². The SMILES string of the molecule is CCNC(=NCc1cccc(NC(=O)Cn2cccn2)c1)NCC(C)Cc1cccs1.I. The number of benzene rings is 1. The Kier molecular flexibility index (Phi) is 11.2. The predicted molar refractivity (Wildman–Crippen MR) is 143 cm³/mol. The zero-order valence-corrected chi connectivity index (χ0v) is 21.6. The van der Waals surface area contributed by atoms with Crippen molar-refractivity contribution >= 4 is 52.9 Å². The highest BCUT2D eigenvalue weighted by atomic mass is 127. The average Bonchev–Trinajstić information content (AvgIpc) is 3.44. The highest BCUT2D eigenvalue weighted by molar-refractivity contribution is 14.0. The molecule has 0 fully saturated rings. The van der Waals surface area contributed by atoms with Crippen molar-refractivity contribution in [3.63, 3.8) is 0 Å². The minimum absolute atomic E-state index is 0. The van der Waals surface area contributed by atoms with Gasteiger partial charge in [0.25, 0.3) is 0 Å². The van der Waals surface area contributed by atoms with E-state index in [-0.39, 0.29) is 36.4 Å². The number of rotatable bonds is 10. The molecule has 0 bridgehead atoms. The van der Waals surface area contributed by atoms with Crippen molar-refractivity contribution in [2.24, 2.45) is 10.9 Å². The van der Waals surface area contributed by atoms with E-state index in [1.165, 1.54) is 4.88 Å². The van der Waals surface area contributed by atoms with Gasteiger partial charge in [-0.25, -0.2) is 4.99 Å². The molecule has 0 aliphatic heterocycles. The minimum Gasteiger partial charge on any atom is -0.357 e. The van der Waals surface area contributed by atoms with Crippen LogP contribution < -0.4 is 16.0 Å². The lowest BCUT2D eigenvalue weighted by Crippen LogP contribution is -2.39. The van der Waals surface area contributed by atoms with E-state index in [2.05, 4.69) is 52.4 Å². The molecule has 32 heavy (non-hydrogen) atoms. The molecular formula is C23H31IN6OS. The van der Waals surface area contributed by atoms with Crippen molar-refractivity contribution in [1.29, 1.82) is 0 Å². The fourth-order valence-corrected chi connectivity index (χ4v) is 3.99. The van der Waals surface area contributed by atoms with Crippen LogP contribution in [0, 0.1) is 5.92 Å². The summed E-state index contributed by atoms with van der Waals surface area (Å²) in [4.78, 5) is 18.3. The molecule has 0 aliphatic carbocycles. The molecule has 9 heteroatoms. The molecule has 1 amide bonds. The lowest BCUT2D eigenvalue weighted by atomic mass is 10.1. The monoisotopic (exact) mass is 566 g/mol. The zero-order chi connectivity index (χ0) is 21.9. The Hall–Kier alpha value is -2.40. The van der Waals surface area contributed by atoms with Gasteiger partial charge < -0.3 is 16.0 Å². The van der Waals surface area contributed by atoms with Gasteiger partial charge >= 0.3 is 0 Å². The molecule has 2 heterocycles. The summed E-state index contributed by atoms with van der Waals surface area (Å²) in [5, 5.41) is 15.8. The van der Waals surface area contributed by atoms with Crippen LogP contribution in [-0.2, 0) is 24.3 Å². The summed E-state index contributed by atoms with van der Waals surface area (Å²) in [6.07, 6.45) is 4.48. The molecule has 172 valence electrons. The Bertz CT molecular complexity index is 959. The molecule has 0 saturated heterocycles. The maximum atomic E-state index is 12.2. The van der Waals surface area contributed by atoms with Crippen molar-refractivity contribution in [2.45, 2.75) is 33.4 Å². The summed E-state index contributed by atoms with van der Waals surface area (Å²) in [6.45, 7) is 6.67. The van der Waals surface area contributed by atoms with E-state index in [4.69, 9.17) is 4.99 Å². The van der Waals surface area contributed by atoms with E-state index < -0.39 is 0 Å². The number of hydrogen-bond acceptors (Lipinski definition) is 4. The van der Waals surface area contributed by atoms with Gasteiger partial charge in [0, 0.05) is 36.0 Å². The normalized spacial score (nSPS) is 12.0. The number of guanidine groups is 1. The van der Waals surface area contributed by atoms with Crippen LogP contribution in [0.1, 0.15) is 24.3 Å². The minimum atomic E-state index is -0.112.